The quantitative estimate of drug-likeness (QED) is 0.667. The number of carbonyl (C=O) groups excluding carboxylic acids is 1. The molecule has 0 spiro atoms. The van der Waals surface area contributed by atoms with Crippen LogP contribution in [0.5, 0.6) is 0 Å². The van der Waals surface area contributed by atoms with Crippen molar-refractivity contribution in [2.45, 2.75) is 51.4 Å². The number of carboxylic acid groups (broad SMARTS) is 1. The molecule has 0 radical (unpaired) electrons. The lowest BCUT2D eigenvalue weighted by Gasteiger charge is -2.20. The largest absolute Gasteiger partial charge is 0.479 e. The molecule has 1 saturated heterocycles. The number of hydrogen-bond acceptors (Lipinski definition) is 5. The van der Waals surface area contributed by atoms with Crippen molar-refractivity contribution < 1.29 is 24.2 Å². The molecule has 3 unspecified atom stereocenters. The zero-order chi connectivity index (χ0) is 14.4. The zero-order valence-corrected chi connectivity index (χ0v) is 11.7. The van der Waals surface area contributed by atoms with Crippen molar-refractivity contribution in [3.8, 4) is 0 Å². The van der Waals surface area contributed by atoms with Crippen molar-refractivity contribution in [3.05, 3.63) is 0 Å². The van der Waals surface area contributed by atoms with Crippen LogP contribution in [0.25, 0.3) is 0 Å². The Morgan fingerprint density at radius 2 is 2.11 bits per heavy atom. The molecule has 6 heteroatoms. The highest BCUT2D eigenvalue weighted by molar-refractivity contribution is 5.75. The number of esters is 1. The molecule has 1 aliphatic rings. The predicted molar refractivity (Wildman–Crippen MR) is 68.8 cm³/mol. The van der Waals surface area contributed by atoms with Crippen molar-refractivity contribution in [2.75, 3.05) is 13.7 Å². The van der Waals surface area contributed by atoms with Gasteiger partial charge < -0.3 is 19.9 Å². The summed E-state index contributed by atoms with van der Waals surface area (Å²) >= 11 is 0. The Morgan fingerprint density at radius 1 is 1.42 bits per heavy atom. The Hall–Kier alpha value is -1.14. The van der Waals surface area contributed by atoms with E-state index in [2.05, 4.69) is 5.32 Å². The number of nitrogens with one attached hydrogen (secondary N) is 1. The van der Waals surface area contributed by atoms with Gasteiger partial charge in [0.1, 0.15) is 6.04 Å². The van der Waals surface area contributed by atoms with Gasteiger partial charge in [0.2, 0.25) is 0 Å². The van der Waals surface area contributed by atoms with E-state index in [4.69, 9.17) is 14.6 Å². The Labute approximate surface area is 113 Å². The van der Waals surface area contributed by atoms with Crippen LogP contribution in [0, 0.1) is 5.92 Å². The van der Waals surface area contributed by atoms with E-state index in [9.17, 15) is 9.59 Å². The van der Waals surface area contributed by atoms with E-state index in [1.165, 1.54) is 7.11 Å². The lowest BCUT2D eigenvalue weighted by Crippen LogP contribution is -2.42. The van der Waals surface area contributed by atoms with E-state index in [0.717, 1.165) is 0 Å². The van der Waals surface area contributed by atoms with Crippen molar-refractivity contribution >= 4 is 11.9 Å². The van der Waals surface area contributed by atoms with Gasteiger partial charge in [-0.2, -0.15) is 0 Å². The predicted octanol–water partition coefficient (Wildman–Crippen LogP) is 0.796. The second kappa shape index (κ2) is 7.45. The van der Waals surface area contributed by atoms with E-state index in [1.807, 2.05) is 13.8 Å². The first-order chi connectivity index (χ1) is 8.93. The minimum absolute atomic E-state index is 0.152. The second-order valence-corrected chi connectivity index (χ2v) is 5.28. The van der Waals surface area contributed by atoms with Gasteiger partial charge in [-0.3, -0.25) is 4.79 Å². The summed E-state index contributed by atoms with van der Waals surface area (Å²) in [6.07, 6.45) is 1.03. The van der Waals surface area contributed by atoms with Crippen molar-refractivity contribution in [1.82, 2.24) is 5.32 Å². The highest BCUT2D eigenvalue weighted by atomic mass is 16.5. The van der Waals surface area contributed by atoms with Gasteiger partial charge in [0.05, 0.1) is 13.2 Å². The Morgan fingerprint density at radius 3 is 2.58 bits per heavy atom. The van der Waals surface area contributed by atoms with Crippen molar-refractivity contribution in [2.24, 2.45) is 5.92 Å². The molecule has 1 fully saturated rings. The lowest BCUT2D eigenvalue weighted by atomic mass is 10.0. The van der Waals surface area contributed by atoms with Gasteiger partial charge in [-0.1, -0.05) is 13.8 Å². The minimum Gasteiger partial charge on any atom is -0.479 e. The van der Waals surface area contributed by atoms with Gasteiger partial charge in [0.15, 0.2) is 6.10 Å². The SMILES string of the molecule is COC(=O)C(CC(C)C)NCC1CCC(C(=O)O)O1. The number of ether oxygens (including phenoxy) is 2. The van der Waals surface area contributed by atoms with E-state index in [-0.39, 0.29) is 18.1 Å². The smallest absolute Gasteiger partial charge is 0.332 e. The number of rotatable bonds is 7. The minimum atomic E-state index is -0.922. The molecule has 110 valence electrons. The summed E-state index contributed by atoms with van der Waals surface area (Å²) in [7, 11) is 1.36. The topological polar surface area (TPSA) is 84.9 Å². The van der Waals surface area contributed by atoms with Gasteiger partial charge in [0.25, 0.3) is 0 Å². The molecule has 0 saturated carbocycles. The molecule has 0 aromatic rings. The maximum absolute atomic E-state index is 11.6. The third-order valence-electron chi connectivity index (χ3n) is 3.17. The van der Waals surface area contributed by atoms with Gasteiger partial charge in [-0.05, 0) is 25.2 Å². The van der Waals surface area contributed by atoms with Crippen LogP contribution >= 0.6 is 0 Å². The molecular weight excluding hydrogens is 250 g/mol. The first-order valence-electron chi connectivity index (χ1n) is 6.63. The molecule has 0 aromatic heterocycles. The van der Waals surface area contributed by atoms with E-state index >= 15 is 0 Å². The lowest BCUT2D eigenvalue weighted by molar-refractivity contribution is -0.150. The van der Waals surface area contributed by atoms with Gasteiger partial charge >= 0.3 is 11.9 Å². The fourth-order valence-electron chi connectivity index (χ4n) is 2.19. The molecule has 3 atom stereocenters. The summed E-state index contributed by atoms with van der Waals surface area (Å²) < 4.78 is 10.1. The molecule has 1 heterocycles. The van der Waals surface area contributed by atoms with Crippen LogP contribution < -0.4 is 5.32 Å². The molecular formula is C13H23NO5. The van der Waals surface area contributed by atoms with Crippen molar-refractivity contribution in [3.63, 3.8) is 0 Å². The third-order valence-corrected chi connectivity index (χ3v) is 3.17. The Balaban J connectivity index is 2.40. The number of carbonyl (C=O) groups is 2. The van der Waals surface area contributed by atoms with Crippen LogP contribution in [0.4, 0.5) is 0 Å². The first-order valence-corrected chi connectivity index (χ1v) is 6.63. The molecule has 0 amide bonds. The van der Waals surface area contributed by atoms with Gasteiger partial charge in [0, 0.05) is 6.54 Å². The average Bonchev–Trinajstić information content (AvgIpc) is 2.82. The molecule has 1 rings (SSSR count). The number of hydrogen-bond donors (Lipinski definition) is 2. The van der Waals surface area contributed by atoms with Crippen LogP contribution in [0.3, 0.4) is 0 Å². The van der Waals surface area contributed by atoms with E-state index < -0.39 is 12.1 Å². The zero-order valence-electron chi connectivity index (χ0n) is 11.7. The summed E-state index contributed by atoms with van der Waals surface area (Å²) in [6.45, 7) is 4.53. The fraction of sp³-hybridized carbons (Fsp3) is 0.846. The first kappa shape index (κ1) is 15.9. The molecule has 2 N–H and O–H groups in total. The maximum atomic E-state index is 11.6. The summed E-state index contributed by atoms with van der Waals surface area (Å²) in [5.74, 6) is -0.844. The fourth-order valence-corrected chi connectivity index (χ4v) is 2.19. The van der Waals surface area contributed by atoms with Gasteiger partial charge in [-0.25, -0.2) is 4.79 Å². The Bertz CT molecular complexity index is 318. The molecule has 6 nitrogen and oxygen atoms in total. The molecule has 19 heavy (non-hydrogen) atoms. The normalized spacial score (nSPS) is 24.4. The number of methoxy groups -OCH3 is 1. The van der Waals surface area contributed by atoms with Crippen LogP contribution in [0.2, 0.25) is 0 Å². The summed E-state index contributed by atoms with van der Waals surface area (Å²) in [5, 5.41) is 11.9. The maximum Gasteiger partial charge on any atom is 0.332 e. The number of carboxylic acids is 1. The molecule has 0 aliphatic carbocycles. The highest BCUT2D eigenvalue weighted by Gasteiger charge is 2.31. The summed E-state index contributed by atoms with van der Waals surface area (Å²) in [5.41, 5.74) is 0. The van der Waals surface area contributed by atoms with Crippen LogP contribution in [-0.2, 0) is 19.1 Å². The monoisotopic (exact) mass is 273 g/mol. The van der Waals surface area contributed by atoms with E-state index in [1.54, 1.807) is 0 Å². The second-order valence-electron chi connectivity index (χ2n) is 5.28. The van der Waals surface area contributed by atoms with Gasteiger partial charge in [-0.15, -0.1) is 0 Å². The van der Waals surface area contributed by atoms with Crippen LogP contribution in [0.15, 0.2) is 0 Å². The number of aliphatic carboxylic acids is 1. The van der Waals surface area contributed by atoms with Crippen LogP contribution in [-0.4, -0.2) is 48.9 Å². The van der Waals surface area contributed by atoms with Crippen molar-refractivity contribution in [1.29, 1.82) is 0 Å². The molecule has 0 bridgehead atoms. The summed E-state index contributed by atoms with van der Waals surface area (Å²) in [4.78, 5) is 22.4. The molecule has 0 aromatic carbocycles. The van der Waals surface area contributed by atoms with E-state index in [0.29, 0.717) is 31.7 Å². The third kappa shape index (κ3) is 5.16. The molecule has 1 aliphatic heterocycles. The summed E-state index contributed by atoms with van der Waals surface area (Å²) in [6, 6.07) is -0.363. The highest BCUT2D eigenvalue weighted by Crippen LogP contribution is 2.19. The Kier molecular flexibility index (Phi) is 6.24. The van der Waals surface area contributed by atoms with Crippen LogP contribution in [0.1, 0.15) is 33.1 Å². The standard InChI is InChI=1S/C13H23NO5/c1-8(2)6-10(13(17)18-3)14-7-9-4-5-11(19-9)12(15)16/h8-11,14H,4-7H2,1-3H3,(H,15,16). The average molecular weight is 273 g/mol.